The van der Waals surface area contributed by atoms with Crippen LogP contribution < -0.4 is 4.57 Å². The van der Waals surface area contributed by atoms with Gasteiger partial charge in [0.2, 0.25) is 5.52 Å². The topological polar surface area (TPSA) is 57.2 Å². The third-order valence-corrected chi connectivity index (χ3v) is 7.62. The second kappa shape index (κ2) is 10.4. The van der Waals surface area contributed by atoms with E-state index in [2.05, 4.69) is 21.7 Å². The van der Waals surface area contributed by atoms with Crippen LogP contribution in [0.5, 0.6) is 11.5 Å². The van der Waals surface area contributed by atoms with Crippen LogP contribution in [-0.4, -0.2) is 15.2 Å². The standard InChI is InChI=1S/C14H11NOS.C13H9NOS.Zn/c1-15-11-7-3-5-9-13(11)17-14(15)10-6-2-4-8-12(10)16;15-11-7-3-1-5-9(11)13-14-10-6-2-4-8-12(10)16-13;/h2-9H,1H3;1-8,15H;/p+1. The van der Waals surface area contributed by atoms with Gasteiger partial charge >= 0.3 is 0 Å². The van der Waals surface area contributed by atoms with E-state index in [1.165, 1.54) is 10.2 Å². The Morgan fingerprint density at radius 1 is 0.647 bits per heavy atom. The summed E-state index contributed by atoms with van der Waals surface area (Å²) in [7, 11) is 2.03. The Hall–Kier alpha value is -3.12. The maximum atomic E-state index is 9.91. The van der Waals surface area contributed by atoms with Gasteiger partial charge in [0.25, 0.3) is 5.01 Å². The summed E-state index contributed by atoms with van der Waals surface area (Å²) >= 11 is 3.29. The summed E-state index contributed by atoms with van der Waals surface area (Å²) in [5.74, 6) is 0.608. The SMILES string of the molecule is C[n+]1c(-c2ccccc2O)sc2ccccc21.Oc1ccccc1-c1nc2ccccc2s1.[Zn]. The summed E-state index contributed by atoms with van der Waals surface area (Å²) in [5.41, 5.74) is 3.85. The van der Waals surface area contributed by atoms with Crippen molar-refractivity contribution in [1.29, 1.82) is 0 Å². The molecule has 6 aromatic rings. The molecule has 0 atom stereocenters. The summed E-state index contributed by atoms with van der Waals surface area (Å²) in [6, 6.07) is 31.0. The van der Waals surface area contributed by atoms with Crippen molar-refractivity contribution < 1.29 is 34.3 Å². The van der Waals surface area contributed by atoms with Gasteiger partial charge in [-0.25, -0.2) is 4.98 Å². The van der Waals surface area contributed by atoms with E-state index in [0.29, 0.717) is 5.75 Å². The Kier molecular flexibility index (Phi) is 7.37. The molecule has 2 heterocycles. The fourth-order valence-electron chi connectivity index (χ4n) is 3.63. The van der Waals surface area contributed by atoms with Crippen molar-refractivity contribution in [2.45, 2.75) is 0 Å². The van der Waals surface area contributed by atoms with Gasteiger partial charge in [-0.2, -0.15) is 4.57 Å². The van der Waals surface area contributed by atoms with Crippen LogP contribution in [0.4, 0.5) is 0 Å². The first-order valence-electron chi connectivity index (χ1n) is 10.4. The molecule has 0 saturated heterocycles. The minimum Gasteiger partial charge on any atom is -0.507 e. The minimum absolute atomic E-state index is 0. The predicted octanol–water partition coefficient (Wildman–Crippen LogP) is 6.76. The molecule has 0 amide bonds. The molecule has 2 N–H and O–H groups in total. The van der Waals surface area contributed by atoms with Crippen molar-refractivity contribution in [3.05, 3.63) is 97.1 Å². The van der Waals surface area contributed by atoms with Crippen LogP contribution in [0.2, 0.25) is 0 Å². The zero-order valence-electron chi connectivity index (χ0n) is 18.6. The average molecular weight is 535 g/mol. The fourth-order valence-corrected chi connectivity index (χ4v) is 5.82. The Morgan fingerprint density at radius 3 is 1.85 bits per heavy atom. The molecular formula is C27H21N2O2S2Zn+. The van der Waals surface area contributed by atoms with Crippen LogP contribution in [0.15, 0.2) is 97.1 Å². The smallest absolute Gasteiger partial charge is 0.273 e. The van der Waals surface area contributed by atoms with Crippen LogP contribution in [0.3, 0.4) is 0 Å². The number of fused-ring (bicyclic) bond motifs is 2. The summed E-state index contributed by atoms with van der Waals surface area (Å²) < 4.78 is 4.49. The predicted molar refractivity (Wildman–Crippen MR) is 137 cm³/mol. The molecule has 0 saturated carbocycles. The van der Waals surface area contributed by atoms with E-state index in [1.54, 1.807) is 34.8 Å². The second-order valence-corrected chi connectivity index (χ2v) is 9.52. The molecule has 4 aromatic carbocycles. The number of para-hydroxylation sites is 4. The first-order valence-corrected chi connectivity index (χ1v) is 12.0. The van der Waals surface area contributed by atoms with Gasteiger partial charge in [0, 0.05) is 25.5 Å². The molecule has 0 aliphatic carbocycles. The molecule has 7 heteroatoms. The van der Waals surface area contributed by atoms with Gasteiger partial charge in [0.1, 0.15) is 28.3 Å². The number of phenols is 2. The number of aromatic nitrogens is 2. The normalized spacial score (nSPS) is 10.5. The number of hydrogen-bond acceptors (Lipinski definition) is 5. The van der Waals surface area contributed by atoms with Crippen molar-refractivity contribution in [2.75, 3.05) is 0 Å². The van der Waals surface area contributed by atoms with Crippen LogP contribution in [0.1, 0.15) is 0 Å². The number of hydrogen-bond donors (Lipinski definition) is 2. The number of aryl methyl sites for hydroxylation is 1. The average Bonchev–Trinajstić information content (AvgIpc) is 3.42. The number of thiazole rings is 2. The Bertz CT molecular complexity index is 1540. The van der Waals surface area contributed by atoms with Crippen molar-refractivity contribution >= 4 is 43.1 Å². The van der Waals surface area contributed by atoms with E-state index in [0.717, 1.165) is 31.4 Å². The Labute approximate surface area is 218 Å². The molecule has 4 nitrogen and oxygen atoms in total. The van der Waals surface area contributed by atoms with Gasteiger partial charge in [-0.1, -0.05) is 59.9 Å². The molecule has 164 valence electrons. The molecular weight excluding hydrogens is 514 g/mol. The Balaban J connectivity index is 0.000000157. The maximum Gasteiger partial charge on any atom is 0.273 e. The van der Waals surface area contributed by atoms with Crippen molar-refractivity contribution in [3.8, 4) is 32.6 Å². The molecule has 6 rings (SSSR count). The van der Waals surface area contributed by atoms with E-state index in [9.17, 15) is 10.2 Å². The van der Waals surface area contributed by atoms with Crippen LogP contribution in [0, 0.1) is 0 Å². The van der Waals surface area contributed by atoms with Gasteiger partial charge in [0.15, 0.2) is 0 Å². The molecule has 0 aliphatic rings. The molecule has 0 bridgehead atoms. The maximum absolute atomic E-state index is 9.91. The third kappa shape index (κ3) is 4.73. The first kappa shape index (κ1) is 24.0. The summed E-state index contributed by atoms with van der Waals surface area (Å²) in [5, 5.41) is 21.6. The van der Waals surface area contributed by atoms with E-state index in [4.69, 9.17) is 0 Å². The molecule has 0 unspecified atom stereocenters. The van der Waals surface area contributed by atoms with E-state index < -0.39 is 0 Å². The third-order valence-electron chi connectivity index (χ3n) is 5.30. The number of aromatic hydroxyl groups is 2. The zero-order chi connectivity index (χ0) is 22.8. The van der Waals surface area contributed by atoms with Gasteiger partial charge < -0.3 is 10.2 Å². The number of rotatable bonds is 2. The first-order chi connectivity index (χ1) is 16.1. The van der Waals surface area contributed by atoms with Crippen molar-refractivity contribution in [2.24, 2.45) is 7.05 Å². The van der Waals surface area contributed by atoms with Gasteiger partial charge in [-0.05, 0) is 42.5 Å². The van der Waals surface area contributed by atoms with Crippen molar-refractivity contribution in [1.82, 2.24) is 4.98 Å². The van der Waals surface area contributed by atoms with Crippen LogP contribution in [-0.2, 0) is 26.5 Å². The number of benzene rings is 4. The molecule has 0 spiro atoms. The van der Waals surface area contributed by atoms with Gasteiger partial charge in [0.05, 0.1) is 21.3 Å². The van der Waals surface area contributed by atoms with Gasteiger partial charge in [-0.15, -0.1) is 11.3 Å². The van der Waals surface area contributed by atoms with Crippen LogP contribution >= 0.6 is 22.7 Å². The van der Waals surface area contributed by atoms with E-state index >= 15 is 0 Å². The van der Waals surface area contributed by atoms with Gasteiger partial charge in [-0.3, -0.25) is 0 Å². The van der Waals surface area contributed by atoms with E-state index in [-0.39, 0.29) is 25.2 Å². The van der Waals surface area contributed by atoms with E-state index in [1.807, 2.05) is 79.8 Å². The van der Waals surface area contributed by atoms with Crippen LogP contribution in [0.25, 0.3) is 41.6 Å². The zero-order valence-corrected chi connectivity index (χ0v) is 23.2. The molecule has 34 heavy (non-hydrogen) atoms. The monoisotopic (exact) mass is 533 g/mol. The van der Waals surface area contributed by atoms with Crippen molar-refractivity contribution in [3.63, 3.8) is 0 Å². The number of phenolic OH excluding ortho intramolecular Hbond substituents is 2. The fraction of sp³-hybridized carbons (Fsp3) is 0.0370. The Morgan fingerprint density at radius 2 is 1.21 bits per heavy atom. The second-order valence-electron chi connectivity index (χ2n) is 7.45. The summed E-state index contributed by atoms with van der Waals surface area (Å²) in [4.78, 5) is 4.50. The molecule has 0 aliphatic heterocycles. The largest absolute Gasteiger partial charge is 0.507 e. The quantitative estimate of drug-likeness (QED) is 0.190. The summed E-state index contributed by atoms with van der Waals surface area (Å²) in [6.07, 6.45) is 0. The number of nitrogens with zero attached hydrogens (tertiary/aromatic N) is 2. The minimum atomic E-state index is 0. The molecule has 0 radical (unpaired) electrons. The summed E-state index contributed by atoms with van der Waals surface area (Å²) in [6.45, 7) is 0. The molecule has 2 aromatic heterocycles. The molecule has 0 fully saturated rings.